The molecule has 0 amide bonds. The molecule has 0 radical (unpaired) electrons. The summed E-state index contributed by atoms with van der Waals surface area (Å²) in [6, 6.07) is 0.150. The first-order valence-electron chi connectivity index (χ1n) is 5.70. The van der Waals surface area contributed by atoms with Gasteiger partial charge < -0.3 is 0 Å². The normalized spacial score (nSPS) is 33.1. The van der Waals surface area contributed by atoms with Crippen LogP contribution in [0.2, 0.25) is 0 Å². The molecule has 2 rings (SSSR count). The van der Waals surface area contributed by atoms with Gasteiger partial charge in [-0.15, -0.1) is 0 Å². The highest BCUT2D eigenvalue weighted by Crippen LogP contribution is 2.49. The predicted octanol–water partition coefficient (Wildman–Crippen LogP) is 3.65. The van der Waals surface area contributed by atoms with Crippen LogP contribution in [0.5, 0.6) is 0 Å². The zero-order valence-electron chi connectivity index (χ0n) is 8.30. The number of rotatable bonds is 1. The summed E-state index contributed by atoms with van der Waals surface area (Å²) in [6.07, 6.45) is 11.4. The Morgan fingerprint density at radius 1 is 0.923 bits per heavy atom. The highest BCUT2D eigenvalue weighted by Gasteiger charge is 2.42. The fraction of sp³-hybridized carbons (Fsp3) is 1.00. The van der Waals surface area contributed by atoms with Crippen molar-refractivity contribution in [3.05, 3.63) is 4.91 Å². The standard InChI is InChI=1S/C11H19NO/c13-12-10-6-2-1-3-7-11(10)8-4-5-9-11/h10H,1-9H2. The molecule has 2 nitrogen and oxygen atoms in total. The monoisotopic (exact) mass is 181 g/mol. The fourth-order valence-corrected chi connectivity index (χ4v) is 3.29. The fourth-order valence-electron chi connectivity index (χ4n) is 3.29. The lowest BCUT2D eigenvalue weighted by Crippen LogP contribution is -2.29. The number of hydrogen-bond acceptors (Lipinski definition) is 2. The van der Waals surface area contributed by atoms with Crippen LogP contribution in [0.15, 0.2) is 5.18 Å². The molecule has 0 aromatic heterocycles. The van der Waals surface area contributed by atoms with Gasteiger partial charge in [-0.1, -0.05) is 37.3 Å². The highest BCUT2D eigenvalue weighted by atomic mass is 16.3. The van der Waals surface area contributed by atoms with Crippen molar-refractivity contribution in [2.45, 2.75) is 63.8 Å². The lowest BCUT2D eigenvalue weighted by Gasteiger charge is -2.31. The Balaban J connectivity index is 2.14. The summed E-state index contributed by atoms with van der Waals surface area (Å²) in [5.74, 6) is 0. The summed E-state index contributed by atoms with van der Waals surface area (Å²) in [5.41, 5.74) is 0.345. The lowest BCUT2D eigenvalue weighted by molar-refractivity contribution is 0.214. The summed E-state index contributed by atoms with van der Waals surface area (Å²) in [6.45, 7) is 0. The Labute approximate surface area is 80.1 Å². The molecule has 13 heavy (non-hydrogen) atoms. The van der Waals surface area contributed by atoms with Crippen molar-refractivity contribution >= 4 is 0 Å². The molecule has 2 aliphatic rings. The van der Waals surface area contributed by atoms with Gasteiger partial charge in [-0.05, 0) is 31.1 Å². The molecular weight excluding hydrogens is 162 g/mol. The Morgan fingerprint density at radius 2 is 1.54 bits per heavy atom. The minimum absolute atomic E-state index is 0.150. The second-order valence-corrected chi connectivity index (χ2v) is 4.79. The van der Waals surface area contributed by atoms with E-state index in [1.165, 1.54) is 51.4 Å². The number of nitroso groups, excluding NO2 is 1. The van der Waals surface area contributed by atoms with E-state index in [0.717, 1.165) is 6.42 Å². The van der Waals surface area contributed by atoms with Gasteiger partial charge >= 0.3 is 0 Å². The number of hydrogen-bond donors (Lipinski definition) is 0. The lowest BCUT2D eigenvalue weighted by atomic mass is 9.75. The van der Waals surface area contributed by atoms with Crippen LogP contribution >= 0.6 is 0 Å². The van der Waals surface area contributed by atoms with E-state index in [4.69, 9.17) is 0 Å². The summed E-state index contributed by atoms with van der Waals surface area (Å²) in [4.78, 5) is 10.8. The molecule has 0 aromatic carbocycles. The molecule has 0 N–H and O–H groups in total. The van der Waals surface area contributed by atoms with Gasteiger partial charge in [0, 0.05) is 0 Å². The van der Waals surface area contributed by atoms with Crippen molar-refractivity contribution in [3.63, 3.8) is 0 Å². The van der Waals surface area contributed by atoms with E-state index < -0.39 is 0 Å². The Bertz CT molecular complexity index is 185. The zero-order chi connectivity index (χ0) is 9.15. The van der Waals surface area contributed by atoms with Crippen molar-refractivity contribution in [1.29, 1.82) is 0 Å². The van der Waals surface area contributed by atoms with E-state index in [-0.39, 0.29) is 6.04 Å². The molecule has 1 spiro atoms. The van der Waals surface area contributed by atoms with Crippen LogP contribution in [0.1, 0.15) is 57.8 Å². The Morgan fingerprint density at radius 3 is 2.15 bits per heavy atom. The first kappa shape index (κ1) is 9.17. The van der Waals surface area contributed by atoms with Crippen LogP contribution < -0.4 is 0 Å². The van der Waals surface area contributed by atoms with Gasteiger partial charge in [-0.2, -0.15) is 4.91 Å². The van der Waals surface area contributed by atoms with Crippen molar-refractivity contribution in [3.8, 4) is 0 Å². The molecule has 0 aliphatic heterocycles. The molecule has 1 unspecified atom stereocenters. The largest absolute Gasteiger partial charge is 0.150 e. The predicted molar refractivity (Wildman–Crippen MR) is 53.6 cm³/mol. The van der Waals surface area contributed by atoms with Crippen LogP contribution in [0.25, 0.3) is 0 Å². The summed E-state index contributed by atoms with van der Waals surface area (Å²) < 4.78 is 0. The third-order valence-electron chi connectivity index (χ3n) is 4.09. The third-order valence-corrected chi connectivity index (χ3v) is 4.09. The number of nitrogens with zero attached hydrogens (tertiary/aromatic N) is 1. The van der Waals surface area contributed by atoms with Crippen LogP contribution in [0.4, 0.5) is 0 Å². The molecule has 0 saturated heterocycles. The van der Waals surface area contributed by atoms with E-state index >= 15 is 0 Å². The molecule has 1 atom stereocenters. The SMILES string of the molecule is O=NC1CCCCCC12CCCC2. The zero-order valence-corrected chi connectivity index (χ0v) is 8.30. The molecule has 0 heterocycles. The van der Waals surface area contributed by atoms with Gasteiger partial charge in [-0.25, -0.2) is 0 Å². The van der Waals surface area contributed by atoms with Gasteiger partial charge in [0.05, 0.1) is 6.04 Å². The topological polar surface area (TPSA) is 29.4 Å². The second kappa shape index (κ2) is 3.77. The maximum atomic E-state index is 10.8. The minimum atomic E-state index is 0.150. The molecule has 0 bridgehead atoms. The van der Waals surface area contributed by atoms with Gasteiger partial charge in [0.1, 0.15) is 0 Å². The average molecular weight is 181 g/mol. The highest BCUT2D eigenvalue weighted by molar-refractivity contribution is 4.95. The molecule has 2 saturated carbocycles. The van der Waals surface area contributed by atoms with Crippen LogP contribution in [-0.4, -0.2) is 6.04 Å². The summed E-state index contributed by atoms with van der Waals surface area (Å²) >= 11 is 0. The maximum Gasteiger partial charge on any atom is 0.0975 e. The first-order chi connectivity index (χ1) is 6.37. The van der Waals surface area contributed by atoms with E-state index in [2.05, 4.69) is 5.18 Å². The maximum absolute atomic E-state index is 10.8. The van der Waals surface area contributed by atoms with Crippen LogP contribution in [0.3, 0.4) is 0 Å². The van der Waals surface area contributed by atoms with Crippen LogP contribution in [-0.2, 0) is 0 Å². The van der Waals surface area contributed by atoms with E-state index in [9.17, 15) is 4.91 Å². The van der Waals surface area contributed by atoms with E-state index in [1.807, 2.05) is 0 Å². The van der Waals surface area contributed by atoms with Crippen LogP contribution in [0, 0.1) is 10.3 Å². The van der Waals surface area contributed by atoms with E-state index in [1.54, 1.807) is 0 Å². The second-order valence-electron chi connectivity index (χ2n) is 4.79. The molecule has 74 valence electrons. The quantitative estimate of drug-likeness (QED) is 0.568. The van der Waals surface area contributed by atoms with Crippen molar-refractivity contribution in [2.75, 3.05) is 0 Å². The van der Waals surface area contributed by atoms with Gasteiger partial charge in [-0.3, -0.25) is 0 Å². The Kier molecular flexibility index (Phi) is 2.66. The smallest absolute Gasteiger partial charge is 0.0975 e. The molecule has 2 heteroatoms. The van der Waals surface area contributed by atoms with Crippen molar-refractivity contribution < 1.29 is 0 Å². The van der Waals surface area contributed by atoms with Crippen molar-refractivity contribution in [2.24, 2.45) is 10.6 Å². The third kappa shape index (κ3) is 1.63. The molecule has 2 aliphatic carbocycles. The molecular formula is C11H19NO. The minimum Gasteiger partial charge on any atom is -0.150 e. The van der Waals surface area contributed by atoms with Crippen molar-refractivity contribution in [1.82, 2.24) is 0 Å². The summed E-state index contributed by atoms with van der Waals surface area (Å²) in [7, 11) is 0. The van der Waals surface area contributed by atoms with Gasteiger partial charge in [0.25, 0.3) is 0 Å². The van der Waals surface area contributed by atoms with E-state index in [0.29, 0.717) is 5.41 Å². The average Bonchev–Trinajstić information content (AvgIpc) is 2.50. The molecule has 2 fully saturated rings. The molecule has 0 aromatic rings. The first-order valence-corrected chi connectivity index (χ1v) is 5.70. The van der Waals surface area contributed by atoms with Gasteiger partial charge in [0.2, 0.25) is 0 Å². The summed E-state index contributed by atoms with van der Waals surface area (Å²) in [5, 5.41) is 3.39. The Hall–Kier alpha value is -0.400. The van der Waals surface area contributed by atoms with Gasteiger partial charge in [0.15, 0.2) is 0 Å².